The molecule has 1 saturated heterocycles. The highest BCUT2D eigenvalue weighted by molar-refractivity contribution is 5.92. The molecule has 116 valence electrons. The third kappa shape index (κ3) is 3.32. The van der Waals surface area contributed by atoms with Crippen LogP contribution >= 0.6 is 0 Å². The van der Waals surface area contributed by atoms with Gasteiger partial charge >= 0.3 is 0 Å². The number of nitrogens with one attached hydrogen (secondary N) is 2. The van der Waals surface area contributed by atoms with Crippen LogP contribution in [0.1, 0.15) is 16.3 Å². The van der Waals surface area contributed by atoms with Crippen LogP contribution in [-0.4, -0.2) is 52.8 Å². The number of hydrogen-bond acceptors (Lipinski definition) is 5. The zero-order chi connectivity index (χ0) is 15.4. The lowest BCUT2D eigenvalue weighted by Crippen LogP contribution is -2.45. The van der Waals surface area contributed by atoms with Crippen molar-refractivity contribution in [3.05, 3.63) is 42.2 Å². The predicted octanol–water partition coefficient (Wildman–Crippen LogP) is 0.294. The molecule has 2 N–H and O–H groups in total. The van der Waals surface area contributed by atoms with Crippen LogP contribution in [0.25, 0.3) is 5.69 Å². The first-order valence-corrected chi connectivity index (χ1v) is 7.31. The van der Waals surface area contributed by atoms with Gasteiger partial charge in [0, 0.05) is 38.2 Å². The van der Waals surface area contributed by atoms with E-state index >= 15 is 0 Å². The Morgan fingerprint density at radius 3 is 3.14 bits per heavy atom. The number of morpholine rings is 1. The van der Waals surface area contributed by atoms with Gasteiger partial charge in [0.2, 0.25) is 0 Å². The van der Waals surface area contributed by atoms with Crippen molar-refractivity contribution < 1.29 is 9.53 Å². The molecule has 0 saturated carbocycles. The molecule has 22 heavy (non-hydrogen) atoms. The largest absolute Gasteiger partial charge is 0.374 e. The summed E-state index contributed by atoms with van der Waals surface area (Å²) in [5.41, 5.74) is 1.25. The van der Waals surface area contributed by atoms with Gasteiger partial charge in [-0.15, -0.1) is 0 Å². The maximum Gasteiger partial charge on any atom is 0.270 e. The van der Waals surface area contributed by atoms with E-state index in [4.69, 9.17) is 4.74 Å². The molecule has 3 heterocycles. The fourth-order valence-corrected chi connectivity index (χ4v) is 2.39. The molecule has 2 aromatic rings. The van der Waals surface area contributed by atoms with Crippen molar-refractivity contribution in [2.75, 3.05) is 26.2 Å². The number of carbonyl (C=O) groups excluding carboxylic acids is 1. The number of imidazole rings is 1. The normalized spacial score (nSPS) is 18.1. The van der Waals surface area contributed by atoms with Crippen LogP contribution in [0.5, 0.6) is 0 Å². The molecular weight excluding hydrogens is 282 g/mol. The second-order valence-corrected chi connectivity index (χ2v) is 5.15. The summed E-state index contributed by atoms with van der Waals surface area (Å²) in [6.45, 7) is 4.67. The number of rotatable bonds is 4. The van der Waals surface area contributed by atoms with Gasteiger partial charge in [-0.2, -0.15) is 0 Å². The topological polar surface area (TPSA) is 81.1 Å². The van der Waals surface area contributed by atoms with Gasteiger partial charge in [0.15, 0.2) is 0 Å². The second kappa shape index (κ2) is 6.67. The van der Waals surface area contributed by atoms with Crippen LogP contribution in [0.15, 0.2) is 30.7 Å². The number of aryl methyl sites for hydroxylation is 1. The highest BCUT2D eigenvalue weighted by Crippen LogP contribution is 2.10. The van der Waals surface area contributed by atoms with Gasteiger partial charge in [-0.25, -0.2) is 4.98 Å². The Hall–Kier alpha value is -2.25. The first-order chi connectivity index (χ1) is 10.7. The molecule has 0 spiro atoms. The van der Waals surface area contributed by atoms with E-state index in [0.29, 0.717) is 18.8 Å². The minimum absolute atomic E-state index is 0.0109. The monoisotopic (exact) mass is 301 g/mol. The number of ether oxygens (including phenoxy) is 1. The third-order valence-corrected chi connectivity index (χ3v) is 3.57. The average Bonchev–Trinajstić information content (AvgIpc) is 3.00. The van der Waals surface area contributed by atoms with Crippen LogP contribution in [0.4, 0.5) is 0 Å². The molecule has 1 aliphatic heterocycles. The van der Waals surface area contributed by atoms with E-state index in [1.807, 2.05) is 23.8 Å². The standard InChI is InChI=1S/C15H19N5O2/c1-11-17-4-6-20(11)12-2-3-18-14(8-12)15(21)19-10-13-9-16-5-7-22-13/h2-4,6,8,13,16H,5,7,9-10H2,1H3,(H,19,21). The lowest BCUT2D eigenvalue weighted by Gasteiger charge is -2.23. The zero-order valence-corrected chi connectivity index (χ0v) is 12.5. The van der Waals surface area contributed by atoms with Crippen molar-refractivity contribution in [3.63, 3.8) is 0 Å². The Kier molecular flexibility index (Phi) is 4.45. The fourth-order valence-electron chi connectivity index (χ4n) is 2.39. The molecule has 0 aromatic carbocycles. The summed E-state index contributed by atoms with van der Waals surface area (Å²) in [5, 5.41) is 6.09. The zero-order valence-electron chi connectivity index (χ0n) is 12.5. The van der Waals surface area contributed by atoms with Crippen LogP contribution in [0.3, 0.4) is 0 Å². The molecule has 7 nitrogen and oxygen atoms in total. The highest BCUT2D eigenvalue weighted by Gasteiger charge is 2.16. The van der Waals surface area contributed by atoms with E-state index < -0.39 is 0 Å². The van der Waals surface area contributed by atoms with E-state index in [0.717, 1.165) is 24.6 Å². The summed E-state index contributed by atoms with van der Waals surface area (Å²) >= 11 is 0. The molecule has 0 bridgehead atoms. The Bertz CT molecular complexity index is 649. The summed E-state index contributed by atoms with van der Waals surface area (Å²) in [5.74, 6) is 0.660. The molecule has 2 aromatic heterocycles. The van der Waals surface area contributed by atoms with Crippen LogP contribution in [0.2, 0.25) is 0 Å². The van der Waals surface area contributed by atoms with Crippen molar-refractivity contribution >= 4 is 5.91 Å². The second-order valence-electron chi connectivity index (χ2n) is 5.15. The van der Waals surface area contributed by atoms with Gasteiger partial charge in [0.1, 0.15) is 11.5 Å². The molecule has 1 unspecified atom stereocenters. The molecule has 7 heteroatoms. The van der Waals surface area contributed by atoms with Crippen molar-refractivity contribution in [1.82, 2.24) is 25.2 Å². The number of carbonyl (C=O) groups is 1. The minimum atomic E-state index is -0.200. The minimum Gasteiger partial charge on any atom is -0.374 e. The van der Waals surface area contributed by atoms with Crippen molar-refractivity contribution in [3.8, 4) is 5.69 Å². The number of pyridine rings is 1. The lowest BCUT2D eigenvalue weighted by molar-refractivity contribution is 0.0287. The van der Waals surface area contributed by atoms with Gasteiger partial charge in [-0.3, -0.25) is 9.78 Å². The lowest BCUT2D eigenvalue weighted by atomic mass is 10.2. The van der Waals surface area contributed by atoms with E-state index in [1.165, 1.54) is 0 Å². The highest BCUT2D eigenvalue weighted by atomic mass is 16.5. The van der Waals surface area contributed by atoms with Crippen LogP contribution in [0, 0.1) is 6.92 Å². The van der Waals surface area contributed by atoms with Gasteiger partial charge in [-0.05, 0) is 19.1 Å². The summed E-state index contributed by atoms with van der Waals surface area (Å²) in [6, 6.07) is 3.60. The van der Waals surface area contributed by atoms with Gasteiger partial charge in [0.25, 0.3) is 5.91 Å². The molecule has 1 atom stereocenters. The number of nitrogens with zero attached hydrogens (tertiary/aromatic N) is 3. The van der Waals surface area contributed by atoms with E-state index in [-0.39, 0.29) is 12.0 Å². The summed E-state index contributed by atoms with van der Waals surface area (Å²) in [4.78, 5) is 20.5. The van der Waals surface area contributed by atoms with Crippen LogP contribution in [-0.2, 0) is 4.74 Å². The Labute approximate surface area is 128 Å². The van der Waals surface area contributed by atoms with E-state index in [1.54, 1.807) is 18.5 Å². The first-order valence-electron chi connectivity index (χ1n) is 7.31. The van der Waals surface area contributed by atoms with Gasteiger partial charge in [-0.1, -0.05) is 0 Å². The molecular formula is C15H19N5O2. The quantitative estimate of drug-likeness (QED) is 0.848. The fraction of sp³-hybridized carbons (Fsp3) is 0.400. The summed E-state index contributed by atoms with van der Waals surface area (Å²) in [6.07, 6.45) is 5.22. The molecule has 1 aliphatic rings. The molecule has 0 aliphatic carbocycles. The predicted molar refractivity (Wildman–Crippen MR) is 81.0 cm³/mol. The SMILES string of the molecule is Cc1nccn1-c1ccnc(C(=O)NCC2CNCCO2)c1. The van der Waals surface area contributed by atoms with Crippen molar-refractivity contribution in [2.45, 2.75) is 13.0 Å². The third-order valence-electron chi connectivity index (χ3n) is 3.57. The molecule has 1 fully saturated rings. The van der Waals surface area contributed by atoms with Gasteiger partial charge in [0.05, 0.1) is 18.4 Å². The van der Waals surface area contributed by atoms with E-state index in [9.17, 15) is 4.79 Å². The first kappa shape index (κ1) is 14.7. The Balaban J connectivity index is 1.66. The Morgan fingerprint density at radius 2 is 2.41 bits per heavy atom. The van der Waals surface area contributed by atoms with E-state index in [2.05, 4.69) is 20.6 Å². The van der Waals surface area contributed by atoms with Crippen molar-refractivity contribution in [1.29, 1.82) is 0 Å². The molecule has 3 rings (SSSR count). The number of hydrogen-bond donors (Lipinski definition) is 2. The maximum atomic E-state index is 12.2. The van der Waals surface area contributed by atoms with Crippen molar-refractivity contribution in [2.24, 2.45) is 0 Å². The number of aromatic nitrogens is 3. The molecule has 1 amide bonds. The Morgan fingerprint density at radius 1 is 1.50 bits per heavy atom. The summed E-state index contributed by atoms with van der Waals surface area (Å²) in [7, 11) is 0. The maximum absolute atomic E-state index is 12.2. The molecule has 0 radical (unpaired) electrons. The summed E-state index contributed by atoms with van der Waals surface area (Å²) < 4.78 is 7.46. The van der Waals surface area contributed by atoms with Crippen LogP contribution < -0.4 is 10.6 Å². The smallest absolute Gasteiger partial charge is 0.270 e. The average molecular weight is 301 g/mol. The number of amides is 1. The van der Waals surface area contributed by atoms with Gasteiger partial charge < -0.3 is 19.9 Å².